The summed E-state index contributed by atoms with van der Waals surface area (Å²) < 4.78 is 6.11. The van der Waals surface area contributed by atoms with E-state index >= 15 is 0 Å². The number of benzene rings is 2. The first-order valence-electron chi connectivity index (χ1n) is 9.39. The Labute approximate surface area is 159 Å². The highest BCUT2D eigenvalue weighted by Crippen LogP contribution is 2.29. The number of rotatable bonds is 7. The lowest BCUT2D eigenvalue weighted by Gasteiger charge is -2.20. The average Bonchev–Trinajstić information content (AvgIpc) is 3.19. The van der Waals surface area contributed by atoms with Gasteiger partial charge in [-0.25, -0.2) is 4.79 Å². The van der Waals surface area contributed by atoms with Crippen LogP contribution in [0.2, 0.25) is 0 Å². The SMILES string of the molecule is CCc1cc(OC2CCCC2)cc(C(Nc2ccc(C#N)cc2)C(=O)O)c1. The summed E-state index contributed by atoms with van der Waals surface area (Å²) in [6.07, 6.45) is 5.50. The first kappa shape index (κ1) is 18.8. The van der Waals surface area contributed by atoms with Crippen molar-refractivity contribution in [3.05, 3.63) is 59.2 Å². The van der Waals surface area contributed by atoms with Crippen molar-refractivity contribution in [1.82, 2.24) is 0 Å². The number of ether oxygens (including phenoxy) is 1. The highest BCUT2D eigenvalue weighted by molar-refractivity contribution is 5.79. The van der Waals surface area contributed by atoms with Crippen molar-refractivity contribution in [2.45, 2.75) is 51.2 Å². The standard InChI is InChI=1S/C22H24N2O3/c1-2-15-11-17(13-20(12-15)27-19-5-3-4-6-19)21(22(25)26)24-18-9-7-16(14-23)8-10-18/h7-13,19,21,24H,2-6H2,1H3,(H,25,26). The summed E-state index contributed by atoms with van der Waals surface area (Å²) in [6.45, 7) is 2.04. The van der Waals surface area contributed by atoms with E-state index in [0.29, 0.717) is 16.8 Å². The molecule has 0 aromatic heterocycles. The van der Waals surface area contributed by atoms with Gasteiger partial charge in [0.15, 0.2) is 6.04 Å². The Morgan fingerprint density at radius 1 is 1.26 bits per heavy atom. The molecular weight excluding hydrogens is 340 g/mol. The van der Waals surface area contributed by atoms with E-state index in [1.807, 2.05) is 25.1 Å². The van der Waals surface area contributed by atoms with Gasteiger partial charge in [0.25, 0.3) is 0 Å². The van der Waals surface area contributed by atoms with E-state index < -0.39 is 12.0 Å². The maximum atomic E-state index is 11.9. The molecule has 2 aromatic rings. The van der Waals surface area contributed by atoms with Gasteiger partial charge in [-0.2, -0.15) is 5.26 Å². The highest BCUT2D eigenvalue weighted by atomic mass is 16.5. The lowest BCUT2D eigenvalue weighted by molar-refractivity contribution is -0.138. The number of hydrogen-bond donors (Lipinski definition) is 2. The third-order valence-corrected chi connectivity index (χ3v) is 4.91. The number of nitrogens with one attached hydrogen (secondary N) is 1. The van der Waals surface area contributed by atoms with Gasteiger partial charge in [0, 0.05) is 5.69 Å². The molecule has 27 heavy (non-hydrogen) atoms. The fraction of sp³-hybridized carbons (Fsp3) is 0.364. The molecule has 0 spiro atoms. The van der Waals surface area contributed by atoms with Crippen LogP contribution in [0.4, 0.5) is 5.69 Å². The summed E-state index contributed by atoms with van der Waals surface area (Å²) in [4.78, 5) is 11.9. The van der Waals surface area contributed by atoms with Gasteiger partial charge in [-0.05, 0) is 79.6 Å². The Kier molecular flexibility index (Phi) is 5.97. The second kappa shape index (κ2) is 8.59. The molecular formula is C22H24N2O3. The fourth-order valence-corrected chi connectivity index (χ4v) is 3.42. The number of hydrogen-bond acceptors (Lipinski definition) is 4. The van der Waals surface area contributed by atoms with Crippen LogP contribution in [0.3, 0.4) is 0 Å². The van der Waals surface area contributed by atoms with Crippen molar-refractivity contribution in [2.24, 2.45) is 0 Å². The van der Waals surface area contributed by atoms with Gasteiger partial charge in [-0.15, -0.1) is 0 Å². The molecule has 1 unspecified atom stereocenters. The smallest absolute Gasteiger partial charge is 0.330 e. The number of carboxylic acid groups (broad SMARTS) is 1. The molecule has 3 rings (SSSR count). The minimum Gasteiger partial charge on any atom is -0.490 e. The van der Waals surface area contributed by atoms with E-state index in [1.54, 1.807) is 24.3 Å². The minimum atomic E-state index is -0.959. The van der Waals surface area contributed by atoms with E-state index in [-0.39, 0.29) is 6.10 Å². The average molecular weight is 364 g/mol. The normalized spacial score (nSPS) is 15.1. The van der Waals surface area contributed by atoms with Gasteiger partial charge < -0.3 is 15.2 Å². The topological polar surface area (TPSA) is 82.3 Å². The van der Waals surface area contributed by atoms with Gasteiger partial charge in [0.2, 0.25) is 0 Å². The number of anilines is 1. The molecule has 140 valence electrons. The number of nitrogens with zero attached hydrogens (tertiary/aromatic N) is 1. The van der Waals surface area contributed by atoms with Gasteiger partial charge in [0.1, 0.15) is 5.75 Å². The van der Waals surface area contributed by atoms with Crippen LogP contribution in [0.1, 0.15) is 55.3 Å². The van der Waals surface area contributed by atoms with E-state index in [2.05, 4.69) is 11.4 Å². The van der Waals surface area contributed by atoms with Crippen LogP contribution in [0.5, 0.6) is 5.75 Å². The lowest BCUT2D eigenvalue weighted by Crippen LogP contribution is -2.21. The molecule has 2 N–H and O–H groups in total. The molecule has 1 saturated carbocycles. The predicted octanol–water partition coefficient (Wildman–Crippen LogP) is 4.68. The van der Waals surface area contributed by atoms with E-state index in [0.717, 1.165) is 30.6 Å². The van der Waals surface area contributed by atoms with Crippen LogP contribution in [0, 0.1) is 11.3 Å². The minimum absolute atomic E-state index is 0.222. The third kappa shape index (κ3) is 4.79. The van der Waals surface area contributed by atoms with Crippen LogP contribution in [-0.2, 0) is 11.2 Å². The Morgan fingerprint density at radius 3 is 2.56 bits per heavy atom. The molecule has 1 fully saturated rings. The van der Waals surface area contributed by atoms with E-state index in [9.17, 15) is 9.90 Å². The Balaban J connectivity index is 1.86. The third-order valence-electron chi connectivity index (χ3n) is 4.91. The quantitative estimate of drug-likeness (QED) is 0.745. The van der Waals surface area contributed by atoms with E-state index in [4.69, 9.17) is 10.00 Å². The molecule has 0 saturated heterocycles. The summed E-state index contributed by atoms with van der Waals surface area (Å²) in [5.74, 6) is -0.219. The molecule has 1 aliphatic carbocycles. The van der Waals surface area contributed by atoms with Gasteiger partial charge in [-0.1, -0.05) is 13.0 Å². The molecule has 0 radical (unpaired) electrons. The summed E-state index contributed by atoms with van der Waals surface area (Å²) in [5.41, 5.74) is 2.90. The zero-order chi connectivity index (χ0) is 19.2. The van der Waals surface area contributed by atoms with Crippen LogP contribution in [-0.4, -0.2) is 17.2 Å². The molecule has 5 nitrogen and oxygen atoms in total. The van der Waals surface area contributed by atoms with Crippen molar-refractivity contribution in [3.8, 4) is 11.8 Å². The zero-order valence-corrected chi connectivity index (χ0v) is 15.4. The van der Waals surface area contributed by atoms with Crippen LogP contribution in [0.15, 0.2) is 42.5 Å². The van der Waals surface area contributed by atoms with Gasteiger partial charge in [0.05, 0.1) is 17.7 Å². The number of carboxylic acids is 1. The molecule has 5 heteroatoms. The van der Waals surface area contributed by atoms with Crippen molar-refractivity contribution in [2.75, 3.05) is 5.32 Å². The van der Waals surface area contributed by atoms with Crippen molar-refractivity contribution < 1.29 is 14.6 Å². The Bertz CT molecular complexity index is 834. The number of carbonyl (C=O) groups is 1. The summed E-state index contributed by atoms with van der Waals surface area (Å²) >= 11 is 0. The maximum Gasteiger partial charge on any atom is 0.330 e. The molecule has 1 atom stereocenters. The fourth-order valence-electron chi connectivity index (χ4n) is 3.42. The second-order valence-electron chi connectivity index (χ2n) is 6.89. The Morgan fingerprint density at radius 2 is 1.96 bits per heavy atom. The molecule has 0 heterocycles. The molecule has 0 amide bonds. The number of aryl methyl sites for hydroxylation is 1. The lowest BCUT2D eigenvalue weighted by atomic mass is 10.0. The molecule has 2 aromatic carbocycles. The number of nitriles is 1. The highest BCUT2D eigenvalue weighted by Gasteiger charge is 2.22. The van der Waals surface area contributed by atoms with Crippen molar-refractivity contribution >= 4 is 11.7 Å². The van der Waals surface area contributed by atoms with Gasteiger partial charge in [-0.3, -0.25) is 0 Å². The predicted molar refractivity (Wildman–Crippen MR) is 104 cm³/mol. The first-order chi connectivity index (χ1) is 13.1. The zero-order valence-electron chi connectivity index (χ0n) is 15.4. The largest absolute Gasteiger partial charge is 0.490 e. The second-order valence-corrected chi connectivity index (χ2v) is 6.89. The van der Waals surface area contributed by atoms with Crippen LogP contribution < -0.4 is 10.1 Å². The van der Waals surface area contributed by atoms with Crippen molar-refractivity contribution in [3.63, 3.8) is 0 Å². The van der Waals surface area contributed by atoms with Crippen LogP contribution in [0.25, 0.3) is 0 Å². The van der Waals surface area contributed by atoms with Crippen molar-refractivity contribution in [1.29, 1.82) is 5.26 Å². The molecule has 0 bridgehead atoms. The number of aliphatic carboxylic acids is 1. The summed E-state index contributed by atoms with van der Waals surface area (Å²) in [7, 11) is 0. The molecule has 1 aliphatic rings. The summed E-state index contributed by atoms with van der Waals surface area (Å²) in [6, 6.07) is 13.7. The first-order valence-corrected chi connectivity index (χ1v) is 9.39. The summed E-state index contributed by atoms with van der Waals surface area (Å²) in [5, 5.41) is 21.7. The molecule has 0 aliphatic heterocycles. The monoisotopic (exact) mass is 364 g/mol. The Hall–Kier alpha value is -3.00. The van der Waals surface area contributed by atoms with E-state index in [1.165, 1.54) is 12.8 Å². The maximum absolute atomic E-state index is 11.9. The van der Waals surface area contributed by atoms with Gasteiger partial charge >= 0.3 is 5.97 Å². The van der Waals surface area contributed by atoms with Crippen LogP contribution >= 0.6 is 0 Å².